The van der Waals surface area contributed by atoms with Crippen molar-refractivity contribution in [3.63, 3.8) is 0 Å². The van der Waals surface area contributed by atoms with Gasteiger partial charge in [0.1, 0.15) is 5.41 Å². The van der Waals surface area contributed by atoms with E-state index in [2.05, 4.69) is 21.4 Å². The Morgan fingerprint density at radius 3 is 2.48 bits per heavy atom. The quantitative estimate of drug-likeness (QED) is 0.411. The van der Waals surface area contributed by atoms with Crippen molar-refractivity contribution in [2.75, 3.05) is 6.61 Å². The summed E-state index contributed by atoms with van der Waals surface area (Å²) in [7, 11) is 0. The van der Waals surface area contributed by atoms with Gasteiger partial charge in [-0.2, -0.15) is 5.01 Å². The molecule has 0 aromatic heterocycles. The molecular formula is C24H26BrClN2O5. The predicted molar refractivity (Wildman–Crippen MR) is 126 cm³/mol. The number of carbonyl (C=O) groups excluding carboxylic acids is 2. The Morgan fingerprint density at radius 2 is 1.82 bits per heavy atom. The molecule has 176 valence electrons. The lowest BCUT2D eigenvalue weighted by Gasteiger charge is -2.52. The van der Waals surface area contributed by atoms with E-state index in [0.717, 1.165) is 5.56 Å². The molecule has 2 fully saturated rings. The molecule has 2 aliphatic rings. The predicted octanol–water partition coefficient (Wildman–Crippen LogP) is 5.03. The second kappa shape index (κ2) is 9.00. The van der Waals surface area contributed by atoms with Crippen molar-refractivity contribution in [2.45, 2.75) is 51.5 Å². The lowest BCUT2D eigenvalue weighted by atomic mass is 9.66. The molecule has 9 heteroatoms. The monoisotopic (exact) mass is 536 g/mol. The molecule has 2 aromatic carbocycles. The lowest BCUT2D eigenvalue weighted by Crippen LogP contribution is -2.72. The second-order valence-corrected chi connectivity index (χ2v) is 9.98. The molecule has 1 amide bonds. The van der Waals surface area contributed by atoms with E-state index >= 15 is 0 Å². The lowest BCUT2D eigenvalue weighted by molar-refractivity contribution is -0.350. The first-order chi connectivity index (χ1) is 15.6. The SMILES string of the molecule is CCOC(=O)C1(Cc2ccc(Cl)cc2)CCC2(C)OOC1(C)N2NC(=O)c1ccccc1Br. The van der Waals surface area contributed by atoms with E-state index in [1.807, 2.05) is 25.1 Å². The minimum Gasteiger partial charge on any atom is -0.465 e. The van der Waals surface area contributed by atoms with Gasteiger partial charge in [-0.3, -0.25) is 15.0 Å². The highest BCUT2D eigenvalue weighted by atomic mass is 79.9. The van der Waals surface area contributed by atoms with Gasteiger partial charge in [-0.15, -0.1) is 0 Å². The number of nitrogens with zero attached hydrogens (tertiary/aromatic N) is 1. The summed E-state index contributed by atoms with van der Waals surface area (Å²) in [6, 6.07) is 14.4. The number of nitrogens with one attached hydrogen (secondary N) is 1. The van der Waals surface area contributed by atoms with Crippen LogP contribution in [0, 0.1) is 5.41 Å². The van der Waals surface area contributed by atoms with Gasteiger partial charge in [-0.25, -0.2) is 9.78 Å². The number of amides is 1. The summed E-state index contributed by atoms with van der Waals surface area (Å²) < 4.78 is 6.19. The van der Waals surface area contributed by atoms with Crippen molar-refractivity contribution >= 4 is 39.4 Å². The summed E-state index contributed by atoms with van der Waals surface area (Å²) in [5, 5.41) is 2.23. The van der Waals surface area contributed by atoms with E-state index in [-0.39, 0.29) is 12.5 Å². The van der Waals surface area contributed by atoms with Gasteiger partial charge in [0.15, 0.2) is 11.4 Å². The van der Waals surface area contributed by atoms with Crippen molar-refractivity contribution in [3.05, 3.63) is 69.2 Å². The number of hydrogen-bond donors (Lipinski definition) is 1. The number of ether oxygens (including phenoxy) is 1. The van der Waals surface area contributed by atoms with Crippen LogP contribution in [0.4, 0.5) is 0 Å². The molecule has 0 spiro atoms. The fourth-order valence-corrected chi connectivity index (χ4v) is 5.28. The molecule has 1 N–H and O–H groups in total. The molecule has 2 heterocycles. The molecule has 2 aromatic rings. The first-order valence-electron chi connectivity index (χ1n) is 10.8. The maximum Gasteiger partial charge on any atom is 0.316 e. The van der Waals surface area contributed by atoms with E-state index in [9.17, 15) is 9.59 Å². The Morgan fingerprint density at radius 1 is 1.12 bits per heavy atom. The van der Waals surface area contributed by atoms with Crippen molar-refractivity contribution in [1.29, 1.82) is 0 Å². The Balaban J connectivity index is 1.75. The first kappa shape index (κ1) is 24.2. The smallest absolute Gasteiger partial charge is 0.316 e. The Kier molecular flexibility index (Phi) is 6.59. The van der Waals surface area contributed by atoms with Crippen molar-refractivity contribution in [2.24, 2.45) is 5.41 Å². The van der Waals surface area contributed by atoms with Crippen LogP contribution in [0.3, 0.4) is 0 Å². The number of piperidine rings is 1. The molecule has 0 radical (unpaired) electrons. The summed E-state index contributed by atoms with van der Waals surface area (Å²) in [5.74, 6) is -0.754. The maximum atomic E-state index is 13.5. The minimum absolute atomic E-state index is 0.221. The molecule has 3 atom stereocenters. The molecule has 0 aliphatic carbocycles. The van der Waals surface area contributed by atoms with E-state index in [4.69, 9.17) is 26.1 Å². The number of halogens is 2. The molecule has 2 saturated heterocycles. The highest BCUT2D eigenvalue weighted by Crippen LogP contribution is 2.57. The topological polar surface area (TPSA) is 77.1 Å². The van der Waals surface area contributed by atoms with Crippen molar-refractivity contribution in [3.8, 4) is 0 Å². The maximum absolute atomic E-state index is 13.5. The molecule has 7 nitrogen and oxygen atoms in total. The third-order valence-electron chi connectivity index (χ3n) is 6.60. The standard InChI is InChI=1S/C24H26BrClN2O5/c1-4-31-21(30)24(15-16-9-11-17(26)12-10-16)14-13-22(2)28(23(24,3)33-32-22)27-20(29)18-7-5-6-8-19(18)25/h5-12H,4,13-15H2,1-3H3,(H,27,29). The van der Waals surface area contributed by atoms with Gasteiger partial charge < -0.3 is 4.74 Å². The van der Waals surface area contributed by atoms with Crippen LogP contribution in [-0.4, -0.2) is 34.9 Å². The Bertz CT molecular complexity index is 1070. The minimum atomic E-state index is -1.33. The normalized spacial score (nSPS) is 29.0. The largest absolute Gasteiger partial charge is 0.465 e. The zero-order valence-corrected chi connectivity index (χ0v) is 21.0. The zero-order valence-electron chi connectivity index (χ0n) is 18.7. The summed E-state index contributed by atoms with van der Waals surface area (Å²) >= 11 is 9.49. The van der Waals surface area contributed by atoms with Gasteiger partial charge in [0.25, 0.3) is 5.91 Å². The van der Waals surface area contributed by atoms with Crippen LogP contribution >= 0.6 is 27.5 Å². The average Bonchev–Trinajstić information content (AvgIpc) is 2.97. The number of benzene rings is 2. The van der Waals surface area contributed by atoms with Crippen LogP contribution in [0.2, 0.25) is 5.02 Å². The van der Waals surface area contributed by atoms with Crippen LogP contribution in [0.25, 0.3) is 0 Å². The van der Waals surface area contributed by atoms with Gasteiger partial charge in [0, 0.05) is 9.50 Å². The van der Waals surface area contributed by atoms with Crippen molar-refractivity contribution in [1.82, 2.24) is 10.4 Å². The van der Waals surface area contributed by atoms with Gasteiger partial charge in [-0.1, -0.05) is 35.9 Å². The summed E-state index contributed by atoms with van der Waals surface area (Å²) in [5.41, 5.74) is 0.865. The Labute approximate surface area is 206 Å². The molecule has 3 unspecified atom stereocenters. The third kappa shape index (κ3) is 4.08. The van der Waals surface area contributed by atoms with Gasteiger partial charge >= 0.3 is 5.97 Å². The fourth-order valence-electron chi connectivity index (χ4n) is 4.69. The number of esters is 1. The first-order valence-corrected chi connectivity index (χ1v) is 12.0. The Hall–Kier alpha value is -1.97. The molecule has 2 bridgehead atoms. The zero-order chi connectivity index (χ0) is 23.9. The summed E-state index contributed by atoms with van der Waals surface area (Å²) in [6.07, 6.45) is 1.20. The van der Waals surface area contributed by atoms with Gasteiger partial charge in [0.05, 0.1) is 12.2 Å². The number of rotatable bonds is 6. The van der Waals surface area contributed by atoms with Crippen LogP contribution in [0.1, 0.15) is 49.5 Å². The van der Waals surface area contributed by atoms with Crippen molar-refractivity contribution < 1.29 is 24.1 Å². The van der Waals surface area contributed by atoms with Crippen LogP contribution in [-0.2, 0) is 25.7 Å². The molecule has 0 saturated carbocycles. The molecule has 4 rings (SSSR count). The number of carbonyl (C=O) groups is 2. The third-order valence-corrected chi connectivity index (χ3v) is 7.55. The second-order valence-electron chi connectivity index (χ2n) is 8.69. The molecular weight excluding hydrogens is 512 g/mol. The fraction of sp³-hybridized carbons (Fsp3) is 0.417. The van der Waals surface area contributed by atoms with E-state index < -0.39 is 22.8 Å². The van der Waals surface area contributed by atoms with Gasteiger partial charge in [0.2, 0.25) is 0 Å². The highest BCUT2D eigenvalue weighted by molar-refractivity contribution is 9.10. The average molecular weight is 538 g/mol. The van der Waals surface area contributed by atoms with Gasteiger partial charge in [-0.05, 0) is 85.8 Å². The van der Waals surface area contributed by atoms with Crippen LogP contribution in [0.15, 0.2) is 53.0 Å². The number of fused-ring (bicyclic) bond motifs is 2. The number of hydrazine groups is 1. The summed E-state index contributed by atoms with van der Waals surface area (Å²) in [4.78, 5) is 38.4. The highest BCUT2D eigenvalue weighted by Gasteiger charge is 2.71. The van der Waals surface area contributed by atoms with E-state index in [1.165, 1.54) is 0 Å². The summed E-state index contributed by atoms with van der Waals surface area (Å²) in [6.45, 7) is 5.57. The molecule has 2 aliphatic heterocycles. The van der Waals surface area contributed by atoms with E-state index in [1.54, 1.807) is 49.2 Å². The van der Waals surface area contributed by atoms with E-state index in [0.29, 0.717) is 34.3 Å². The number of hydrogen-bond acceptors (Lipinski definition) is 6. The molecule has 33 heavy (non-hydrogen) atoms. The van der Waals surface area contributed by atoms with Crippen LogP contribution < -0.4 is 5.43 Å². The van der Waals surface area contributed by atoms with Crippen LogP contribution in [0.5, 0.6) is 0 Å².